The number of aliphatic hydroxyl groups is 1. The summed E-state index contributed by atoms with van der Waals surface area (Å²) in [4.78, 5) is 2.27. The summed E-state index contributed by atoms with van der Waals surface area (Å²) in [6, 6.07) is 11.9. The number of fused-ring (bicyclic) bond motifs is 1. The number of hydrogen-bond acceptors (Lipinski definition) is 6. The van der Waals surface area contributed by atoms with Crippen LogP contribution in [0.4, 0.5) is 0 Å². The summed E-state index contributed by atoms with van der Waals surface area (Å²) in [5, 5.41) is 14.4. The van der Waals surface area contributed by atoms with Crippen LogP contribution in [-0.4, -0.2) is 59.9 Å². The van der Waals surface area contributed by atoms with Gasteiger partial charge in [-0.25, -0.2) is 8.42 Å². The minimum absolute atomic E-state index is 0.305. The van der Waals surface area contributed by atoms with Crippen LogP contribution in [0.25, 0.3) is 0 Å². The van der Waals surface area contributed by atoms with E-state index in [0.717, 1.165) is 37.1 Å². The van der Waals surface area contributed by atoms with Crippen molar-refractivity contribution in [2.75, 3.05) is 31.7 Å². The van der Waals surface area contributed by atoms with Gasteiger partial charge in [-0.1, -0.05) is 30.3 Å². The predicted molar refractivity (Wildman–Crippen MR) is 98.3 cm³/mol. The van der Waals surface area contributed by atoms with Crippen molar-refractivity contribution in [2.45, 2.75) is 25.8 Å². The molecule has 7 nitrogen and oxygen atoms in total. The van der Waals surface area contributed by atoms with Crippen LogP contribution in [0.1, 0.15) is 23.1 Å². The Hall–Kier alpha value is -1.74. The second-order valence-corrected chi connectivity index (χ2v) is 8.89. The molecular weight excluding hydrogens is 354 g/mol. The van der Waals surface area contributed by atoms with Crippen molar-refractivity contribution in [3.05, 3.63) is 53.3 Å². The lowest BCUT2D eigenvalue weighted by Gasteiger charge is -2.27. The Morgan fingerprint density at radius 2 is 2.04 bits per heavy atom. The van der Waals surface area contributed by atoms with Crippen molar-refractivity contribution in [3.63, 3.8) is 0 Å². The van der Waals surface area contributed by atoms with Gasteiger partial charge in [0.25, 0.3) is 0 Å². The molecule has 1 unspecified atom stereocenters. The molecular formula is C18H25N3O4S. The lowest BCUT2D eigenvalue weighted by atomic mass is 10.2. The van der Waals surface area contributed by atoms with Gasteiger partial charge in [0.2, 0.25) is 0 Å². The van der Waals surface area contributed by atoms with Gasteiger partial charge in [0.1, 0.15) is 15.9 Å². The monoisotopic (exact) mass is 379 g/mol. The quantitative estimate of drug-likeness (QED) is 0.689. The fraction of sp³-hybridized carbons (Fsp3) is 0.500. The highest BCUT2D eigenvalue weighted by Crippen LogP contribution is 2.19. The molecule has 1 aromatic heterocycles. The van der Waals surface area contributed by atoms with Crippen molar-refractivity contribution in [1.82, 2.24) is 14.7 Å². The third-order valence-corrected chi connectivity index (χ3v) is 5.28. The molecule has 26 heavy (non-hydrogen) atoms. The van der Waals surface area contributed by atoms with Crippen LogP contribution in [0.15, 0.2) is 36.4 Å². The van der Waals surface area contributed by atoms with Crippen molar-refractivity contribution in [2.24, 2.45) is 0 Å². The first-order valence-corrected chi connectivity index (χ1v) is 10.7. The molecule has 1 atom stereocenters. The minimum atomic E-state index is -3.25. The molecule has 0 saturated carbocycles. The van der Waals surface area contributed by atoms with Gasteiger partial charge in [0, 0.05) is 25.9 Å². The summed E-state index contributed by atoms with van der Waals surface area (Å²) in [5.74, 6) is -0.305. The van der Waals surface area contributed by atoms with Gasteiger partial charge in [-0.15, -0.1) is 0 Å². The highest BCUT2D eigenvalue weighted by Gasteiger charge is 2.23. The van der Waals surface area contributed by atoms with E-state index in [0.29, 0.717) is 25.5 Å². The second kappa shape index (κ2) is 8.30. The molecule has 2 heterocycles. The summed E-state index contributed by atoms with van der Waals surface area (Å²) < 4.78 is 30.3. The molecule has 2 aromatic rings. The van der Waals surface area contributed by atoms with E-state index in [4.69, 9.17) is 4.74 Å². The van der Waals surface area contributed by atoms with E-state index in [1.54, 1.807) is 6.07 Å². The summed E-state index contributed by atoms with van der Waals surface area (Å²) in [7, 11) is -3.25. The van der Waals surface area contributed by atoms with Gasteiger partial charge in [0.05, 0.1) is 36.9 Å². The number of benzene rings is 1. The smallest absolute Gasteiger partial charge is 0.150 e. The fourth-order valence-corrected chi connectivity index (χ4v) is 3.77. The van der Waals surface area contributed by atoms with Gasteiger partial charge < -0.3 is 9.84 Å². The SMILES string of the molecule is CS(=O)(=O)CC(O)c1cc2n(n1)CCN(CCOCc1ccccc1)C2. The van der Waals surface area contributed by atoms with Gasteiger partial charge in [-0.05, 0) is 11.6 Å². The number of sulfone groups is 1. The molecule has 1 N–H and O–H groups in total. The van der Waals surface area contributed by atoms with E-state index >= 15 is 0 Å². The Labute approximate surface area is 154 Å². The Morgan fingerprint density at radius 1 is 1.27 bits per heavy atom. The van der Waals surface area contributed by atoms with Crippen LogP contribution in [0, 0.1) is 0 Å². The zero-order valence-electron chi connectivity index (χ0n) is 14.9. The molecule has 0 aliphatic carbocycles. The highest BCUT2D eigenvalue weighted by molar-refractivity contribution is 7.90. The third kappa shape index (κ3) is 5.38. The van der Waals surface area contributed by atoms with E-state index in [9.17, 15) is 13.5 Å². The van der Waals surface area contributed by atoms with E-state index in [1.807, 2.05) is 35.0 Å². The average Bonchev–Trinajstić information content (AvgIpc) is 3.02. The van der Waals surface area contributed by atoms with Gasteiger partial charge in [-0.3, -0.25) is 9.58 Å². The van der Waals surface area contributed by atoms with E-state index in [-0.39, 0.29) is 5.75 Å². The van der Waals surface area contributed by atoms with Crippen LogP contribution < -0.4 is 0 Å². The highest BCUT2D eigenvalue weighted by atomic mass is 32.2. The summed E-state index contributed by atoms with van der Waals surface area (Å²) in [5.41, 5.74) is 2.57. The van der Waals surface area contributed by atoms with E-state index < -0.39 is 15.9 Å². The summed E-state index contributed by atoms with van der Waals surface area (Å²) in [6.45, 7) is 4.36. The maximum absolute atomic E-state index is 11.3. The van der Waals surface area contributed by atoms with Gasteiger partial charge >= 0.3 is 0 Å². The van der Waals surface area contributed by atoms with Crippen molar-refractivity contribution >= 4 is 9.84 Å². The number of hydrogen-bond donors (Lipinski definition) is 1. The van der Waals surface area contributed by atoms with Crippen LogP contribution in [-0.2, 0) is 34.3 Å². The largest absolute Gasteiger partial charge is 0.386 e. The predicted octanol–water partition coefficient (Wildman–Crippen LogP) is 0.993. The standard InChI is InChI=1S/C18H25N3O4S/c1-26(23,24)14-18(22)17-11-16-12-20(7-8-21(16)19-17)9-10-25-13-15-5-3-2-4-6-15/h2-6,11,18,22H,7-10,12-14H2,1H3. The first-order chi connectivity index (χ1) is 12.4. The minimum Gasteiger partial charge on any atom is -0.386 e. The van der Waals surface area contributed by atoms with Crippen molar-refractivity contribution in [1.29, 1.82) is 0 Å². The number of aliphatic hydroxyl groups excluding tert-OH is 1. The van der Waals surface area contributed by atoms with Crippen molar-refractivity contribution in [3.8, 4) is 0 Å². The summed E-state index contributed by atoms with van der Waals surface area (Å²) >= 11 is 0. The molecule has 1 aromatic carbocycles. The maximum Gasteiger partial charge on any atom is 0.150 e. The number of nitrogens with zero attached hydrogens (tertiary/aromatic N) is 3. The van der Waals surface area contributed by atoms with Gasteiger partial charge in [-0.2, -0.15) is 5.10 Å². The van der Waals surface area contributed by atoms with E-state index in [2.05, 4.69) is 10.00 Å². The zero-order chi connectivity index (χ0) is 18.6. The first-order valence-electron chi connectivity index (χ1n) is 8.67. The van der Waals surface area contributed by atoms with Crippen LogP contribution >= 0.6 is 0 Å². The zero-order valence-corrected chi connectivity index (χ0v) is 15.7. The Morgan fingerprint density at radius 3 is 2.77 bits per heavy atom. The van der Waals surface area contributed by atoms with Crippen LogP contribution in [0.3, 0.4) is 0 Å². The van der Waals surface area contributed by atoms with Gasteiger partial charge in [0.15, 0.2) is 0 Å². The fourth-order valence-electron chi connectivity index (χ4n) is 3.03. The van der Waals surface area contributed by atoms with Crippen LogP contribution in [0.2, 0.25) is 0 Å². The lowest BCUT2D eigenvalue weighted by Crippen LogP contribution is -2.36. The number of aromatic nitrogens is 2. The van der Waals surface area contributed by atoms with E-state index in [1.165, 1.54) is 0 Å². The normalized spacial score (nSPS) is 16.4. The third-order valence-electron chi connectivity index (χ3n) is 4.36. The Kier molecular flexibility index (Phi) is 6.08. The van der Waals surface area contributed by atoms with Crippen LogP contribution in [0.5, 0.6) is 0 Å². The first kappa shape index (κ1) is 19.0. The molecule has 0 saturated heterocycles. The lowest BCUT2D eigenvalue weighted by molar-refractivity contribution is 0.0828. The Balaban J connectivity index is 1.48. The molecule has 0 fully saturated rings. The van der Waals surface area contributed by atoms with Crippen molar-refractivity contribution < 1.29 is 18.3 Å². The molecule has 3 rings (SSSR count). The maximum atomic E-state index is 11.3. The average molecular weight is 379 g/mol. The number of ether oxygens (including phenoxy) is 1. The molecule has 0 radical (unpaired) electrons. The Bertz CT molecular complexity index is 820. The summed E-state index contributed by atoms with van der Waals surface area (Å²) in [6.07, 6.45) is 0.0365. The second-order valence-electron chi connectivity index (χ2n) is 6.71. The molecule has 0 spiro atoms. The molecule has 142 valence electrons. The molecule has 8 heteroatoms. The molecule has 1 aliphatic heterocycles. The molecule has 0 bridgehead atoms. The topological polar surface area (TPSA) is 84.7 Å². The molecule has 1 aliphatic rings. The molecule has 0 amide bonds. The number of rotatable bonds is 8.